The first-order valence-electron chi connectivity index (χ1n) is 9.15. The van der Waals surface area contributed by atoms with Crippen molar-refractivity contribution in [3.63, 3.8) is 0 Å². The largest absolute Gasteiger partial charge is 0.383 e. The summed E-state index contributed by atoms with van der Waals surface area (Å²) in [5.41, 5.74) is 11.9. The van der Waals surface area contributed by atoms with Gasteiger partial charge in [0, 0.05) is 36.8 Å². The summed E-state index contributed by atoms with van der Waals surface area (Å²) >= 11 is 0. The van der Waals surface area contributed by atoms with E-state index in [-0.39, 0.29) is 0 Å². The molecule has 0 aliphatic heterocycles. The molecule has 4 aromatic rings. The molecule has 0 aliphatic carbocycles. The van der Waals surface area contributed by atoms with Crippen LogP contribution in [0.15, 0.2) is 85.1 Å². The second kappa shape index (κ2) is 7.87. The molecule has 0 radical (unpaired) electrons. The minimum absolute atomic E-state index is 0.706. The lowest BCUT2D eigenvalue weighted by Crippen LogP contribution is -2.08. The molecule has 0 saturated carbocycles. The maximum absolute atomic E-state index is 6.53. The molecular weight excluding hydrogens is 332 g/mol. The van der Waals surface area contributed by atoms with Gasteiger partial charge in [0.25, 0.3) is 0 Å². The monoisotopic (exact) mass is 354 g/mol. The highest BCUT2D eigenvalue weighted by Gasteiger charge is 2.17. The first kappa shape index (κ1) is 17.0. The van der Waals surface area contributed by atoms with Crippen molar-refractivity contribution in [3.05, 3.63) is 102 Å². The second-order valence-corrected chi connectivity index (χ2v) is 6.53. The van der Waals surface area contributed by atoms with Crippen LogP contribution in [0, 0.1) is 0 Å². The van der Waals surface area contributed by atoms with Gasteiger partial charge in [-0.05, 0) is 23.3 Å². The highest BCUT2D eigenvalue weighted by molar-refractivity contribution is 5.77. The number of pyridine rings is 1. The number of nitrogens with zero attached hydrogens (tertiary/aromatic N) is 3. The molecule has 134 valence electrons. The smallest absolute Gasteiger partial charge is 0.129 e. The molecule has 0 fully saturated rings. The molecule has 2 heterocycles. The Balaban J connectivity index is 1.68. The third kappa shape index (κ3) is 3.90. The highest BCUT2D eigenvalue weighted by atomic mass is 15.3. The Kier molecular flexibility index (Phi) is 4.97. The Morgan fingerprint density at radius 2 is 1.52 bits per heavy atom. The number of aryl methyl sites for hydroxylation is 2. The quantitative estimate of drug-likeness (QED) is 0.560. The fourth-order valence-electron chi connectivity index (χ4n) is 3.30. The van der Waals surface area contributed by atoms with E-state index in [1.54, 1.807) is 0 Å². The molecule has 2 aromatic heterocycles. The standard InChI is InChI=1S/C23H22N4/c24-23-22(19-11-5-2-6-12-19)21(17-18-9-3-1-4-10-18)26-27(23)16-14-20-13-7-8-15-25-20/h1-13,15H,14,16-17,24H2. The lowest BCUT2D eigenvalue weighted by molar-refractivity contribution is 0.609. The van der Waals surface area contributed by atoms with Gasteiger partial charge in [-0.25, -0.2) is 4.68 Å². The van der Waals surface area contributed by atoms with Gasteiger partial charge in [-0.2, -0.15) is 5.10 Å². The van der Waals surface area contributed by atoms with Gasteiger partial charge < -0.3 is 5.73 Å². The van der Waals surface area contributed by atoms with Crippen molar-refractivity contribution in [3.8, 4) is 11.1 Å². The zero-order valence-electron chi connectivity index (χ0n) is 15.1. The van der Waals surface area contributed by atoms with Crippen molar-refractivity contribution in [2.45, 2.75) is 19.4 Å². The summed E-state index contributed by atoms with van der Waals surface area (Å²) in [4.78, 5) is 4.40. The molecule has 27 heavy (non-hydrogen) atoms. The first-order valence-corrected chi connectivity index (χ1v) is 9.15. The van der Waals surface area contributed by atoms with E-state index in [9.17, 15) is 0 Å². The third-order valence-electron chi connectivity index (χ3n) is 4.65. The van der Waals surface area contributed by atoms with Crippen molar-refractivity contribution in [1.29, 1.82) is 0 Å². The Morgan fingerprint density at radius 1 is 0.815 bits per heavy atom. The zero-order valence-corrected chi connectivity index (χ0v) is 15.1. The minimum atomic E-state index is 0.706. The van der Waals surface area contributed by atoms with Crippen molar-refractivity contribution >= 4 is 5.82 Å². The van der Waals surface area contributed by atoms with Crippen LogP contribution in [0.1, 0.15) is 17.0 Å². The summed E-state index contributed by atoms with van der Waals surface area (Å²) in [7, 11) is 0. The van der Waals surface area contributed by atoms with Gasteiger partial charge in [0.2, 0.25) is 0 Å². The second-order valence-electron chi connectivity index (χ2n) is 6.53. The predicted octanol–water partition coefficient (Wildman–Crippen LogP) is 4.36. The zero-order chi connectivity index (χ0) is 18.5. The van der Waals surface area contributed by atoms with Crippen molar-refractivity contribution in [2.24, 2.45) is 0 Å². The summed E-state index contributed by atoms with van der Waals surface area (Å²) in [6.45, 7) is 0.706. The van der Waals surface area contributed by atoms with E-state index in [1.165, 1.54) is 5.56 Å². The van der Waals surface area contributed by atoms with Gasteiger partial charge in [-0.1, -0.05) is 66.7 Å². The summed E-state index contributed by atoms with van der Waals surface area (Å²) in [6, 6.07) is 26.6. The maximum atomic E-state index is 6.53. The lowest BCUT2D eigenvalue weighted by Gasteiger charge is -2.06. The van der Waals surface area contributed by atoms with E-state index >= 15 is 0 Å². The van der Waals surface area contributed by atoms with Crippen LogP contribution in [0.3, 0.4) is 0 Å². The van der Waals surface area contributed by atoms with E-state index in [4.69, 9.17) is 10.8 Å². The number of hydrogen-bond acceptors (Lipinski definition) is 3. The van der Waals surface area contributed by atoms with E-state index in [1.807, 2.05) is 53.3 Å². The van der Waals surface area contributed by atoms with Crippen molar-refractivity contribution < 1.29 is 0 Å². The summed E-state index contributed by atoms with van der Waals surface area (Å²) in [5, 5.41) is 4.86. The fourth-order valence-corrected chi connectivity index (χ4v) is 3.30. The SMILES string of the molecule is Nc1c(-c2ccccc2)c(Cc2ccccc2)nn1CCc1ccccn1. The van der Waals surface area contributed by atoms with Crippen LogP contribution >= 0.6 is 0 Å². The van der Waals surface area contributed by atoms with Gasteiger partial charge in [0.1, 0.15) is 5.82 Å². The Morgan fingerprint density at radius 3 is 2.22 bits per heavy atom. The van der Waals surface area contributed by atoms with Gasteiger partial charge in [0.05, 0.1) is 5.69 Å². The number of aromatic nitrogens is 3. The number of nitrogens with two attached hydrogens (primary N) is 1. The predicted molar refractivity (Wildman–Crippen MR) is 109 cm³/mol. The number of anilines is 1. The third-order valence-corrected chi connectivity index (χ3v) is 4.65. The van der Waals surface area contributed by atoms with Gasteiger partial charge >= 0.3 is 0 Å². The molecule has 0 aliphatic rings. The van der Waals surface area contributed by atoms with Crippen LogP contribution in [-0.2, 0) is 19.4 Å². The van der Waals surface area contributed by atoms with Crippen LogP contribution in [0.25, 0.3) is 11.1 Å². The van der Waals surface area contributed by atoms with Crippen LogP contribution in [-0.4, -0.2) is 14.8 Å². The molecule has 0 bridgehead atoms. The van der Waals surface area contributed by atoms with Gasteiger partial charge in [-0.3, -0.25) is 4.98 Å². The molecule has 0 saturated heterocycles. The van der Waals surface area contributed by atoms with Gasteiger partial charge in [-0.15, -0.1) is 0 Å². The van der Waals surface area contributed by atoms with E-state index in [0.29, 0.717) is 12.4 Å². The molecule has 0 atom stereocenters. The number of benzene rings is 2. The highest BCUT2D eigenvalue weighted by Crippen LogP contribution is 2.31. The fraction of sp³-hybridized carbons (Fsp3) is 0.130. The average molecular weight is 354 g/mol. The molecule has 2 aromatic carbocycles. The van der Waals surface area contributed by atoms with Crippen LogP contribution in [0.2, 0.25) is 0 Å². The topological polar surface area (TPSA) is 56.7 Å². The first-order chi connectivity index (χ1) is 13.3. The summed E-state index contributed by atoms with van der Waals surface area (Å²) in [5.74, 6) is 0.711. The summed E-state index contributed by atoms with van der Waals surface area (Å²) in [6.07, 6.45) is 3.37. The lowest BCUT2D eigenvalue weighted by atomic mass is 10.0. The molecule has 2 N–H and O–H groups in total. The Bertz CT molecular complexity index is 993. The van der Waals surface area contributed by atoms with Crippen LogP contribution in [0.5, 0.6) is 0 Å². The summed E-state index contributed by atoms with van der Waals surface area (Å²) < 4.78 is 1.91. The molecule has 4 rings (SSSR count). The number of rotatable bonds is 6. The van der Waals surface area contributed by atoms with E-state index in [0.717, 1.165) is 35.4 Å². The Labute approximate surface area is 159 Å². The van der Waals surface area contributed by atoms with Crippen LogP contribution in [0.4, 0.5) is 5.82 Å². The molecular formula is C23H22N4. The molecule has 0 amide bonds. The van der Waals surface area contributed by atoms with Crippen LogP contribution < -0.4 is 5.73 Å². The van der Waals surface area contributed by atoms with Crippen molar-refractivity contribution in [1.82, 2.24) is 14.8 Å². The van der Waals surface area contributed by atoms with E-state index in [2.05, 4.69) is 41.4 Å². The van der Waals surface area contributed by atoms with Gasteiger partial charge in [0.15, 0.2) is 0 Å². The normalized spacial score (nSPS) is 10.8. The number of nitrogen functional groups attached to an aromatic ring is 1. The van der Waals surface area contributed by atoms with Crippen molar-refractivity contribution in [2.75, 3.05) is 5.73 Å². The molecule has 0 spiro atoms. The molecule has 0 unspecified atom stereocenters. The average Bonchev–Trinajstić information content (AvgIpc) is 3.03. The van der Waals surface area contributed by atoms with E-state index < -0.39 is 0 Å². The molecule has 4 nitrogen and oxygen atoms in total. The minimum Gasteiger partial charge on any atom is -0.383 e. The Hall–Kier alpha value is -3.40. The maximum Gasteiger partial charge on any atom is 0.129 e. The number of hydrogen-bond donors (Lipinski definition) is 1. The molecule has 4 heteroatoms.